The molecule has 0 aliphatic carbocycles. The smallest absolute Gasteiger partial charge is 0.147 e. The fraction of sp³-hybridized carbons (Fsp3) is 0.467. The van der Waals surface area contributed by atoms with Crippen molar-refractivity contribution in [3.8, 4) is 0 Å². The van der Waals surface area contributed by atoms with Gasteiger partial charge in [-0.05, 0) is 18.1 Å². The molecule has 0 saturated carbocycles. The molecule has 2 aromatic rings. The molecular weight excluding hydrogens is 255 g/mol. The second-order valence-electron chi connectivity index (χ2n) is 5.61. The largest absolute Gasteiger partial charge is 0.352 e. The first-order valence-electron chi connectivity index (χ1n) is 7.04. The van der Waals surface area contributed by atoms with E-state index in [0.29, 0.717) is 17.5 Å². The Morgan fingerprint density at radius 3 is 3.00 bits per heavy atom. The molecular formula is C15H19FN4. The van der Waals surface area contributed by atoms with E-state index in [0.717, 1.165) is 31.0 Å². The van der Waals surface area contributed by atoms with Crippen molar-refractivity contribution in [3.63, 3.8) is 0 Å². The van der Waals surface area contributed by atoms with Crippen LogP contribution in [0.2, 0.25) is 0 Å². The highest BCUT2D eigenvalue weighted by Crippen LogP contribution is 2.19. The average molecular weight is 274 g/mol. The summed E-state index contributed by atoms with van der Waals surface area (Å²) in [6.07, 6.45) is 1.78. The van der Waals surface area contributed by atoms with Gasteiger partial charge in [-0.2, -0.15) is 0 Å². The van der Waals surface area contributed by atoms with E-state index in [-0.39, 0.29) is 5.82 Å². The molecule has 1 aliphatic rings. The Bertz CT molecular complexity index is 614. The molecule has 1 N–H and O–H groups in total. The number of benzene rings is 1. The minimum absolute atomic E-state index is 0.274. The predicted molar refractivity (Wildman–Crippen MR) is 78.3 cm³/mol. The third kappa shape index (κ3) is 2.58. The molecule has 0 radical (unpaired) electrons. The van der Waals surface area contributed by atoms with Gasteiger partial charge in [-0.1, -0.05) is 13.8 Å². The van der Waals surface area contributed by atoms with Gasteiger partial charge in [0.05, 0.1) is 17.2 Å². The number of hydrogen-bond acceptors (Lipinski definition) is 4. The summed E-state index contributed by atoms with van der Waals surface area (Å²) in [5.74, 6) is 1.13. The van der Waals surface area contributed by atoms with Crippen LogP contribution in [0.5, 0.6) is 0 Å². The second-order valence-corrected chi connectivity index (χ2v) is 5.61. The standard InChI is InChI=1S/C15H19FN4/c1-10(2)14-9-20(6-5-17-14)15-8-18-12-4-3-11(16)7-13(12)19-15/h3-4,7-8,10,14,17H,5-6,9H2,1-2H3/t14-/m0/s1. The molecule has 4 nitrogen and oxygen atoms in total. The monoisotopic (exact) mass is 274 g/mol. The molecule has 1 aliphatic heterocycles. The third-order valence-electron chi connectivity index (χ3n) is 3.83. The minimum atomic E-state index is -0.274. The highest BCUT2D eigenvalue weighted by molar-refractivity contribution is 5.75. The van der Waals surface area contributed by atoms with Gasteiger partial charge in [0, 0.05) is 31.7 Å². The van der Waals surface area contributed by atoms with Gasteiger partial charge in [-0.3, -0.25) is 4.98 Å². The van der Waals surface area contributed by atoms with E-state index in [2.05, 4.69) is 34.0 Å². The first kappa shape index (κ1) is 13.2. The van der Waals surface area contributed by atoms with Crippen LogP contribution >= 0.6 is 0 Å². The maximum absolute atomic E-state index is 13.3. The lowest BCUT2D eigenvalue weighted by molar-refractivity contribution is 0.367. The van der Waals surface area contributed by atoms with Gasteiger partial charge in [0.25, 0.3) is 0 Å². The van der Waals surface area contributed by atoms with E-state index in [9.17, 15) is 4.39 Å². The molecule has 1 aromatic carbocycles. The zero-order chi connectivity index (χ0) is 14.1. The van der Waals surface area contributed by atoms with Crippen LogP contribution in [0.4, 0.5) is 10.2 Å². The highest BCUT2D eigenvalue weighted by atomic mass is 19.1. The molecule has 0 spiro atoms. The number of hydrogen-bond donors (Lipinski definition) is 1. The topological polar surface area (TPSA) is 41.1 Å². The summed E-state index contributed by atoms with van der Waals surface area (Å²) in [7, 11) is 0. The van der Waals surface area contributed by atoms with Gasteiger partial charge in [0.1, 0.15) is 11.6 Å². The lowest BCUT2D eigenvalue weighted by Crippen LogP contribution is -2.53. The Morgan fingerprint density at radius 2 is 2.20 bits per heavy atom. The second kappa shape index (κ2) is 5.32. The van der Waals surface area contributed by atoms with Crippen LogP contribution in [0, 0.1) is 11.7 Å². The van der Waals surface area contributed by atoms with Crippen LogP contribution in [0.1, 0.15) is 13.8 Å². The SMILES string of the molecule is CC(C)[C@@H]1CN(c2cnc3ccc(F)cc3n2)CCN1. The van der Waals surface area contributed by atoms with Crippen LogP contribution in [-0.2, 0) is 0 Å². The van der Waals surface area contributed by atoms with E-state index in [1.54, 1.807) is 12.3 Å². The van der Waals surface area contributed by atoms with Crippen molar-refractivity contribution >= 4 is 16.9 Å². The van der Waals surface area contributed by atoms with Crippen LogP contribution in [0.15, 0.2) is 24.4 Å². The van der Waals surface area contributed by atoms with Gasteiger partial charge in [0.15, 0.2) is 0 Å². The Morgan fingerprint density at radius 1 is 1.35 bits per heavy atom. The first-order valence-corrected chi connectivity index (χ1v) is 7.04. The molecule has 3 rings (SSSR count). The highest BCUT2D eigenvalue weighted by Gasteiger charge is 2.22. The lowest BCUT2D eigenvalue weighted by atomic mass is 10.0. The van der Waals surface area contributed by atoms with Gasteiger partial charge in [-0.25, -0.2) is 9.37 Å². The van der Waals surface area contributed by atoms with Crippen LogP contribution in [0.25, 0.3) is 11.0 Å². The zero-order valence-electron chi connectivity index (χ0n) is 11.8. The predicted octanol–water partition coefficient (Wildman–Crippen LogP) is 2.20. The molecule has 5 heteroatoms. The lowest BCUT2D eigenvalue weighted by Gasteiger charge is -2.36. The third-order valence-corrected chi connectivity index (χ3v) is 3.83. The number of piperazine rings is 1. The average Bonchev–Trinajstić information content (AvgIpc) is 2.46. The maximum atomic E-state index is 13.3. The molecule has 0 bridgehead atoms. The number of halogens is 1. The van der Waals surface area contributed by atoms with Crippen molar-refractivity contribution in [1.29, 1.82) is 0 Å². The summed E-state index contributed by atoms with van der Waals surface area (Å²) in [4.78, 5) is 11.1. The van der Waals surface area contributed by atoms with Crippen molar-refractivity contribution in [2.24, 2.45) is 5.92 Å². The first-order chi connectivity index (χ1) is 9.63. The molecule has 1 fully saturated rings. The summed E-state index contributed by atoms with van der Waals surface area (Å²) < 4.78 is 13.3. The number of fused-ring (bicyclic) bond motifs is 1. The number of nitrogens with one attached hydrogen (secondary N) is 1. The van der Waals surface area contributed by atoms with Gasteiger partial charge < -0.3 is 10.2 Å². The summed E-state index contributed by atoms with van der Waals surface area (Å²) in [6, 6.07) is 4.97. The maximum Gasteiger partial charge on any atom is 0.147 e. The van der Waals surface area contributed by atoms with Gasteiger partial charge in [-0.15, -0.1) is 0 Å². The van der Waals surface area contributed by atoms with Gasteiger partial charge in [0.2, 0.25) is 0 Å². The molecule has 20 heavy (non-hydrogen) atoms. The Labute approximate surface area is 118 Å². The van der Waals surface area contributed by atoms with E-state index in [1.807, 2.05) is 0 Å². The van der Waals surface area contributed by atoms with Crippen molar-refractivity contribution < 1.29 is 4.39 Å². The fourth-order valence-corrected chi connectivity index (χ4v) is 2.56. The van der Waals surface area contributed by atoms with Crippen LogP contribution in [0.3, 0.4) is 0 Å². The van der Waals surface area contributed by atoms with E-state index in [1.165, 1.54) is 12.1 Å². The molecule has 2 heterocycles. The van der Waals surface area contributed by atoms with Crippen molar-refractivity contribution in [2.75, 3.05) is 24.5 Å². The minimum Gasteiger partial charge on any atom is -0.352 e. The molecule has 106 valence electrons. The number of nitrogens with zero attached hydrogens (tertiary/aromatic N) is 3. The molecule has 0 unspecified atom stereocenters. The molecule has 0 amide bonds. The normalized spacial score (nSPS) is 19.8. The molecule has 1 atom stereocenters. The van der Waals surface area contributed by atoms with E-state index in [4.69, 9.17) is 0 Å². The van der Waals surface area contributed by atoms with E-state index < -0.39 is 0 Å². The molecule has 1 aromatic heterocycles. The summed E-state index contributed by atoms with van der Waals surface area (Å²) in [5.41, 5.74) is 1.34. The fourth-order valence-electron chi connectivity index (χ4n) is 2.56. The van der Waals surface area contributed by atoms with Crippen LogP contribution < -0.4 is 10.2 Å². The summed E-state index contributed by atoms with van der Waals surface area (Å²) >= 11 is 0. The Kier molecular flexibility index (Phi) is 3.53. The van der Waals surface area contributed by atoms with Crippen molar-refractivity contribution in [1.82, 2.24) is 15.3 Å². The van der Waals surface area contributed by atoms with Crippen LogP contribution in [-0.4, -0.2) is 35.6 Å². The number of aromatic nitrogens is 2. The molecule has 1 saturated heterocycles. The Balaban J connectivity index is 1.89. The summed E-state index contributed by atoms with van der Waals surface area (Å²) in [5, 5.41) is 3.51. The quantitative estimate of drug-likeness (QED) is 0.911. The Hall–Kier alpha value is -1.75. The zero-order valence-corrected chi connectivity index (χ0v) is 11.8. The van der Waals surface area contributed by atoms with Crippen molar-refractivity contribution in [2.45, 2.75) is 19.9 Å². The number of anilines is 1. The van der Waals surface area contributed by atoms with Gasteiger partial charge >= 0.3 is 0 Å². The van der Waals surface area contributed by atoms with Crippen molar-refractivity contribution in [3.05, 3.63) is 30.2 Å². The summed E-state index contributed by atoms with van der Waals surface area (Å²) in [6.45, 7) is 7.17. The number of rotatable bonds is 2. The van der Waals surface area contributed by atoms with E-state index >= 15 is 0 Å².